The lowest BCUT2D eigenvalue weighted by molar-refractivity contribution is 0.101. The first kappa shape index (κ1) is 21.9. The fourth-order valence-electron chi connectivity index (χ4n) is 3.88. The minimum Gasteiger partial charge on any atom is -0.398 e. The molecule has 3 aromatic carbocycles. The average Bonchev–Trinajstić information content (AvgIpc) is 3.24. The second-order valence-corrected chi connectivity index (χ2v) is 7.63. The number of benzene rings is 3. The lowest BCUT2D eigenvalue weighted by Gasteiger charge is -2.20. The molecule has 0 radical (unpaired) electrons. The van der Waals surface area contributed by atoms with Crippen LogP contribution in [-0.2, 0) is 13.1 Å². The third-order valence-electron chi connectivity index (χ3n) is 5.62. The van der Waals surface area contributed by atoms with Crippen molar-refractivity contribution < 1.29 is 13.6 Å². The highest BCUT2D eigenvalue weighted by molar-refractivity contribution is 6.08. The second-order valence-electron chi connectivity index (χ2n) is 7.63. The summed E-state index contributed by atoms with van der Waals surface area (Å²) in [5.41, 5.74) is 8.36. The van der Waals surface area contributed by atoms with Crippen LogP contribution in [0.15, 0.2) is 48.5 Å². The smallest absolute Gasteiger partial charge is 0.261 e. The topological polar surface area (TPSA) is 118 Å². The zero-order chi connectivity index (χ0) is 23.7. The summed E-state index contributed by atoms with van der Waals surface area (Å²) in [4.78, 5) is 14.6. The molecule has 0 fully saturated rings. The molecular formula is C24H22F2N6O. The number of rotatable bonds is 5. The Labute approximate surface area is 189 Å². The van der Waals surface area contributed by atoms with Gasteiger partial charge in [0.1, 0.15) is 23.0 Å². The van der Waals surface area contributed by atoms with Gasteiger partial charge in [0.05, 0.1) is 5.56 Å². The molecule has 3 aromatic rings. The monoisotopic (exact) mass is 448 g/mol. The third kappa shape index (κ3) is 4.00. The van der Waals surface area contributed by atoms with E-state index < -0.39 is 23.1 Å². The van der Waals surface area contributed by atoms with Gasteiger partial charge in [-0.1, -0.05) is 24.3 Å². The normalized spacial score (nSPS) is 12.3. The SMILES string of the molecule is CNc1cc(F)c(C(=O)Nc2ccc(N)c(C(=N)N3Cc4ccccc4C3)c2)c(F)c1C=N. The van der Waals surface area contributed by atoms with Crippen molar-refractivity contribution in [2.45, 2.75) is 13.1 Å². The van der Waals surface area contributed by atoms with Crippen LogP contribution in [0.5, 0.6) is 0 Å². The number of nitrogen functional groups attached to an aromatic ring is 1. The molecule has 1 heterocycles. The highest BCUT2D eigenvalue weighted by Crippen LogP contribution is 2.28. The highest BCUT2D eigenvalue weighted by atomic mass is 19.1. The van der Waals surface area contributed by atoms with E-state index in [9.17, 15) is 13.6 Å². The predicted molar refractivity (Wildman–Crippen MR) is 125 cm³/mol. The Morgan fingerprint density at radius 1 is 1.12 bits per heavy atom. The molecule has 0 saturated heterocycles. The number of nitrogens with one attached hydrogen (secondary N) is 4. The summed E-state index contributed by atoms with van der Waals surface area (Å²) in [5, 5.41) is 21.1. The molecule has 6 N–H and O–H groups in total. The molecule has 7 nitrogen and oxygen atoms in total. The number of fused-ring (bicyclic) bond motifs is 1. The van der Waals surface area contributed by atoms with Gasteiger partial charge in [-0.2, -0.15) is 0 Å². The van der Waals surface area contributed by atoms with E-state index >= 15 is 0 Å². The fourth-order valence-corrected chi connectivity index (χ4v) is 3.88. The van der Waals surface area contributed by atoms with Gasteiger partial charge in [0.15, 0.2) is 0 Å². The summed E-state index contributed by atoms with van der Waals surface area (Å²) in [5.74, 6) is -3.02. The predicted octanol–water partition coefficient (Wildman–Crippen LogP) is 4.18. The Hall–Kier alpha value is -4.27. The summed E-state index contributed by atoms with van der Waals surface area (Å²) in [6, 6.07) is 13.4. The number of nitrogens with two attached hydrogens (primary N) is 1. The maximum Gasteiger partial charge on any atom is 0.261 e. The maximum absolute atomic E-state index is 14.8. The summed E-state index contributed by atoms with van der Waals surface area (Å²) >= 11 is 0. The number of anilines is 3. The number of hydrogen-bond acceptors (Lipinski definition) is 5. The second kappa shape index (κ2) is 8.70. The first-order valence-electron chi connectivity index (χ1n) is 10.2. The quantitative estimate of drug-likeness (QED) is 0.229. The van der Waals surface area contributed by atoms with Crippen molar-refractivity contribution in [3.8, 4) is 0 Å². The van der Waals surface area contributed by atoms with Crippen molar-refractivity contribution in [3.63, 3.8) is 0 Å². The number of carbonyl (C=O) groups is 1. The molecule has 33 heavy (non-hydrogen) atoms. The standard InChI is InChI=1S/C24H22F2N6O/c1-30-20-9-18(25)21(22(26)17(20)10-27)24(33)31-15-6-7-19(28)16(8-15)23(29)32-11-13-4-2-3-5-14(13)12-32/h2-10,27,29-30H,11-12,28H2,1H3,(H,31,33). The van der Waals surface area contributed by atoms with Gasteiger partial charge in [0.25, 0.3) is 5.91 Å². The molecule has 0 atom stereocenters. The van der Waals surface area contributed by atoms with E-state index in [0.717, 1.165) is 17.2 Å². The molecule has 1 amide bonds. The van der Waals surface area contributed by atoms with Crippen molar-refractivity contribution in [2.75, 3.05) is 23.4 Å². The van der Waals surface area contributed by atoms with E-state index in [0.29, 0.717) is 30.6 Å². The van der Waals surface area contributed by atoms with E-state index in [1.165, 1.54) is 25.2 Å². The van der Waals surface area contributed by atoms with E-state index in [-0.39, 0.29) is 22.8 Å². The molecule has 0 bridgehead atoms. The molecule has 9 heteroatoms. The fraction of sp³-hybridized carbons (Fsp3) is 0.125. The molecular weight excluding hydrogens is 426 g/mol. The van der Waals surface area contributed by atoms with Crippen molar-refractivity contribution in [2.24, 2.45) is 0 Å². The van der Waals surface area contributed by atoms with E-state index in [1.54, 1.807) is 0 Å². The molecule has 0 saturated carbocycles. The van der Waals surface area contributed by atoms with Crippen molar-refractivity contribution in [1.82, 2.24) is 4.90 Å². The maximum atomic E-state index is 14.8. The molecule has 0 spiro atoms. The van der Waals surface area contributed by atoms with Gasteiger partial charge in [-0.05, 0) is 35.4 Å². The Morgan fingerprint density at radius 2 is 1.79 bits per heavy atom. The zero-order valence-corrected chi connectivity index (χ0v) is 17.8. The van der Waals surface area contributed by atoms with Gasteiger partial charge in [-0.25, -0.2) is 8.78 Å². The van der Waals surface area contributed by atoms with Crippen LogP contribution in [0.25, 0.3) is 0 Å². The number of nitrogens with zero attached hydrogens (tertiary/aromatic N) is 1. The van der Waals surface area contributed by atoms with Crippen LogP contribution in [0.3, 0.4) is 0 Å². The van der Waals surface area contributed by atoms with Gasteiger partial charge in [0.2, 0.25) is 0 Å². The molecule has 4 rings (SSSR count). The Bertz CT molecular complexity index is 1270. The number of amidine groups is 1. The molecule has 0 aliphatic carbocycles. The molecule has 1 aliphatic heterocycles. The molecule has 0 unspecified atom stereocenters. The summed E-state index contributed by atoms with van der Waals surface area (Å²) in [6.07, 6.45) is 0.716. The van der Waals surface area contributed by atoms with Crippen LogP contribution in [0.1, 0.15) is 32.6 Å². The van der Waals surface area contributed by atoms with Crippen LogP contribution < -0.4 is 16.4 Å². The summed E-state index contributed by atoms with van der Waals surface area (Å²) < 4.78 is 29.3. The Morgan fingerprint density at radius 3 is 2.39 bits per heavy atom. The summed E-state index contributed by atoms with van der Waals surface area (Å²) in [6.45, 7) is 1.12. The minimum absolute atomic E-state index is 0.0615. The molecule has 0 aromatic heterocycles. The van der Waals surface area contributed by atoms with Crippen LogP contribution in [0, 0.1) is 22.5 Å². The molecule has 168 valence electrons. The van der Waals surface area contributed by atoms with Crippen LogP contribution >= 0.6 is 0 Å². The number of halogens is 2. The van der Waals surface area contributed by atoms with E-state index in [2.05, 4.69) is 10.6 Å². The Kier molecular flexibility index (Phi) is 5.78. The van der Waals surface area contributed by atoms with Crippen LogP contribution in [0.4, 0.5) is 25.8 Å². The lowest BCUT2D eigenvalue weighted by atomic mass is 10.1. The minimum atomic E-state index is -1.13. The van der Waals surface area contributed by atoms with E-state index in [1.807, 2.05) is 29.2 Å². The van der Waals surface area contributed by atoms with Crippen molar-refractivity contribution in [1.29, 1.82) is 10.8 Å². The van der Waals surface area contributed by atoms with Crippen molar-refractivity contribution >= 4 is 35.0 Å². The van der Waals surface area contributed by atoms with Crippen LogP contribution in [0.2, 0.25) is 0 Å². The van der Waals surface area contributed by atoms with E-state index in [4.69, 9.17) is 16.6 Å². The first-order valence-corrected chi connectivity index (χ1v) is 10.2. The van der Waals surface area contributed by atoms with Gasteiger partial charge in [0, 0.05) is 49.0 Å². The first-order chi connectivity index (χ1) is 15.8. The lowest BCUT2D eigenvalue weighted by Crippen LogP contribution is -2.26. The average molecular weight is 448 g/mol. The highest BCUT2D eigenvalue weighted by Gasteiger charge is 2.25. The number of hydrogen-bond donors (Lipinski definition) is 5. The van der Waals surface area contributed by atoms with Gasteiger partial charge in [-0.3, -0.25) is 10.2 Å². The Balaban J connectivity index is 1.60. The van der Waals surface area contributed by atoms with Gasteiger partial charge >= 0.3 is 0 Å². The van der Waals surface area contributed by atoms with Gasteiger partial charge < -0.3 is 26.7 Å². The summed E-state index contributed by atoms with van der Waals surface area (Å²) in [7, 11) is 1.46. The number of carbonyl (C=O) groups excluding carboxylic acids is 1. The zero-order valence-electron chi connectivity index (χ0n) is 17.8. The third-order valence-corrected chi connectivity index (χ3v) is 5.62. The van der Waals surface area contributed by atoms with Crippen molar-refractivity contribution in [3.05, 3.63) is 88.0 Å². The van der Waals surface area contributed by atoms with Gasteiger partial charge in [-0.15, -0.1) is 0 Å². The molecule has 1 aliphatic rings. The van der Waals surface area contributed by atoms with Crippen LogP contribution in [-0.4, -0.2) is 29.9 Å². The largest absolute Gasteiger partial charge is 0.398 e. The number of amides is 1.